The SMILES string of the molecule is CN1CCN(c2cccc(Nc3ncc4ccc(-c5cccc(N6CCCS6(O)O)c5)n4n3)c2)CC1. The monoisotopic (exact) mass is 505 g/mol. The molecule has 0 saturated carbocycles. The van der Waals surface area contributed by atoms with Crippen LogP contribution in [0.25, 0.3) is 16.8 Å². The van der Waals surface area contributed by atoms with Crippen molar-refractivity contribution in [3.8, 4) is 11.3 Å². The van der Waals surface area contributed by atoms with Crippen molar-refractivity contribution < 1.29 is 9.11 Å². The molecule has 2 saturated heterocycles. The maximum absolute atomic E-state index is 10.4. The van der Waals surface area contributed by atoms with E-state index in [1.165, 1.54) is 5.69 Å². The molecule has 0 atom stereocenters. The van der Waals surface area contributed by atoms with Gasteiger partial charge in [-0.3, -0.25) is 13.4 Å². The average Bonchev–Trinajstić information content (AvgIpc) is 3.47. The highest BCUT2D eigenvalue weighted by Crippen LogP contribution is 2.51. The topological polar surface area (TPSA) is 92.4 Å². The molecule has 2 aromatic carbocycles. The van der Waals surface area contributed by atoms with Crippen LogP contribution in [0.15, 0.2) is 66.9 Å². The van der Waals surface area contributed by atoms with Crippen molar-refractivity contribution in [2.75, 3.05) is 60.0 Å². The lowest BCUT2D eigenvalue weighted by atomic mass is 10.1. The third-order valence-corrected chi connectivity index (χ3v) is 8.87. The van der Waals surface area contributed by atoms with Crippen LogP contribution in [-0.2, 0) is 0 Å². The quantitative estimate of drug-likeness (QED) is 0.357. The van der Waals surface area contributed by atoms with E-state index in [0.29, 0.717) is 18.2 Å². The highest BCUT2D eigenvalue weighted by atomic mass is 32.3. The first kappa shape index (κ1) is 23.1. The van der Waals surface area contributed by atoms with Crippen LogP contribution in [0.1, 0.15) is 6.42 Å². The summed E-state index contributed by atoms with van der Waals surface area (Å²) in [6, 6.07) is 20.3. The van der Waals surface area contributed by atoms with E-state index in [2.05, 4.69) is 45.3 Å². The van der Waals surface area contributed by atoms with Crippen molar-refractivity contribution in [3.05, 3.63) is 66.9 Å². The molecule has 2 aliphatic rings. The number of hydrogen-bond acceptors (Lipinski definition) is 8. The molecule has 0 aliphatic carbocycles. The van der Waals surface area contributed by atoms with Gasteiger partial charge < -0.3 is 15.1 Å². The van der Waals surface area contributed by atoms with Crippen LogP contribution in [0.4, 0.5) is 23.0 Å². The highest BCUT2D eigenvalue weighted by molar-refractivity contribution is 8.25. The largest absolute Gasteiger partial charge is 0.369 e. The fraction of sp³-hybridized carbons (Fsp3) is 0.308. The van der Waals surface area contributed by atoms with Gasteiger partial charge in [0.15, 0.2) is 0 Å². The molecule has 10 heteroatoms. The van der Waals surface area contributed by atoms with Crippen LogP contribution in [0.5, 0.6) is 0 Å². The van der Waals surface area contributed by atoms with Crippen LogP contribution in [-0.4, -0.2) is 74.1 Å². The zero-order chi connectivity index (χ0) is 24.7. The standard InChI is InChI=1S/C26H31N7O2S/c1-30-12-14-31(15-13-30)22-7-3-6-21(18-22)28-26-27-19-24-9-10-25(33(24)29-26)20-5-2-8-23(17-20)32-11-4-16-36(32,34)35/h2-3,5-10,17-19,34-35H,4,11-16H2,1H3,(H,28,29). The van der Waals surface area contributed by atoms with Crippen LogP contribution in [0.3, 0.4) is 0 Å². The third-order valence-electron chi connectivity index (χ3n) is 6.93. The van der Waals surface area contributed by atoms with E-state index in [1.54, 1.807) is 4.31 Å². The van der Waals surface area contributed by atoms with Crippen molar-refractivity contribution in [2.45, 2.75) is 6.42 Å². The van der Waals surface area contributed by atoms with Gasteiger partial charge in [-0.25, -0.2) is 9.50 Å². The molecule has 0 unspecified atom stereocenters. The second kappa shape index (κ2) is 9.29. The van der Waals surface area contributed by atoms with E-state index >= 15 is 0 Å². The number of likely N-dealkylation sites (N-methyl/N-ethyl adjacent to an activating group) is 1. The highest BCUT2D eigenvalue weighted by Gasteiger charge is 2.29. The van der Waals surface area contributed by atoms with E-state index in [1.807, 2.05) is 53.2 Å². The number of fused-ring (bicyclic) bond motifs is 1. The maximum Gasteiger partial charge on any atom is 0.245 e. The predicted octanol–water partition coefficient (Wildman–Crippen LogP) is 4.77. The number of nitrogens with zero attached hydrogens (tertiary/aromatic N) is 6. The smallest absolute Gasteiger partial charge is 0.245 e. The Labute approximate surface area is 212 Å². The summed E-state index contributed by atoms with van der Waals surface area (Å²) in [5.41, 5.74) is 5.71. The van der Waals surface area contributed by atoms with Gasteiger partial charge in [0.2, 0.25) is 5.95 Å². The lowest BCUT2D eigenvalue weighted by Crippen LogP contribution is -2.44. The molecule has 0 spiro atoms. The Morgan fingerprint density at radius 2 is 1.69 bits per heavy atom. The maximum atomic E-state index is 10.4. The first-order valence-electron chi connectivity index (χ1n) is 12.3. The number of hydrogen-bond donors (Lipinski definition) is 3. The van der Waals surface area contributed by atoms with Crippen LogP contribution >= 0.6 is 10.8 Å². The van der Waals surface area contributed by atoms with Crippen molar-refractivity contribution in [1.82, 2.24) is 19.5 Å². The minimum Gasteiger partial charge on any atom is -0.369 e. The number of benzene rings is 2. The van der Waals surface area contributed by atoms with Gasteiger partial charge in [-0.15, -0.1) is 15.9 Å². The summed E-state index contributed by atoms with van der Waals surface area (Å²) in [5.74, 6) is 0.934. The van der Waals surface area contributed by atoms with E-state index in [4.69, 9.17) is 5.10 Å². The Morgan fingerprint density at radius 3 is 2.50 bits per heavy atom. The third kappa shape index (κ3) is 4.48. The Bertz CT molecular complexity index is 1380. The lowest BCUT2D eigenvalue weighted by Gasteiger charge is -2.38. The first-order valence-corrected chi connectivity index (χ1v) is 13.9. The summed E-state index contributed by atoms with van der Waals surface area (Å²) >= 11 is 0. The molecule has 4 heterocycles. The Kier molecular flexibility index (Phi) is 5.96. The lowest BCUT2D eigenvalue weighted by molar-refractivity contribution is 0.313. The number of rotatable bonds is 5. The molecule has 2 fully saturated rings. The molecular formula is C26H31N7O2S. The van der Waals surface area contributed by atoms with Crippen LogP contribution in [0, 0.1) is 0 Å². The van der Waals surface area contributed by atoms with E-state index in [0.717, 1.165) is 60.7 Å². The summed E-state index contributed by atoms with van der Waals surface area (Å²) in [5, 5.41) is 8.15. The Morgan fingerprint density at radius 1 is 0.889 bits per heavy atom. The number of aromatic nitrogens is 3. The molecule has 188 valence electrons. The zero-order valence-corrected chi connectivity index (χ0v) is 21.1. The van der Waals surface area contributed by atoms with E-state index < -0.39 is 10.8 Å². The molecule has 0 amide bonds. The van der Waals surface area contributed by atoms with Gasteiger partial charge in [-0.1, -0.05) is 18.2 Å². The van der Waals surface area contributed by atoms with E-state index in [9.17, 15) is 9.11 Å². The van der Waals surface area contributed by atoms with Gasteiger partial charge in [0.1, 0.15) is 0 Å². The molecule has 0 radical (unpaired) electrons. The van der Waals surface area contributed by atoms with Crippen molar-refractivity contribution in [2.24, 2.45) is 0 Å². The van der Waals surface area contributed by atoms with Gasteiger partial charge in [-0.2, -0.15) is 0 Å². The molecule has 4 aromatic rings. The Balaban J connectivity index is 1.27. The summed E-state index contributed by atoms with van der Waals surface area (Å²) in [6.45, 7) is 4.79. The molecule has 9 nitrogen and oxygen atoms in total. The van der Waals surface area contributed by atoms with Gasteiger partial charge in [0.25, 0.3) is 0 Å². The summed E-state index contributed by atoms with van der Waals surface area (Å²) in [6.07, 6.45) is 2.59. The first-order chi connectivity index (χ1) is 17.5. The predicted molar refractivity (Wildman–Crippen MR) is 148 cm³/mol. The molecular weight excluding hydrogens is 474 g/mol. The van der Waals surface area contributed by atoms with Gasteiger partial charge in [-0.05, 0) is 55.9 Å². The average molecular weight is 506 g/mol. The fourth-order valence-corrected chi connectivity index (χ4v) is 6.54. The number of anilines is 4. The molecule has 6 rings (SSSR count). The van der Waals surface area contributed by atoms with Crippen molar-refractivity contribution >= 4 is 39.3 Å². The second-order valence-corrected chi connectivity index (χ2v) is 11.6. The molecule has 0 bridgehead atoms. The minimum absolute atomic E-state index is 0.420. The Hall–Kier alpha value is -3.31. The fourth-order valence-electron chi connectivity index (χ4n) is 4.93. The van der Waals surface area contributed by atoms with Crippen LogP contribution < -0.4 is 14.5 Å². The van der Waals surface area contributed by atoms with Crippen molar-refractivity contribution in [1.29, 1.82) is 0 Å². The number of nitrogens with one attached hydrogen (secondary N) is 1. The molecule has 3 N–H and O–H groups in total. The summed E-state index contributed by atoms with van der Waals surface area (Å²) in [4.78, 5) is 9.28. The minimum atomic E-state index is -2.74. The van der Waals surface area contributed by atoms with Crippen LogP contribution in [0.2, 0.25) is 0 Å². The van der Waals surface area contributed by atoms with E-state index in [-0.39, 0.29) is 0 Å². The van der Waals surface area contributed by atoms with Gasteiger partial charge in [0, 0.05) is 49.7 Å². The normalized spacial score (nSPS) is 19.1. The van der Waals surface area contributed by atoms with Crippen molar-refractivity contribution in [3.63, 3.8) is 0 Å². The number of piperazine rings is 1. The van der Waals surface area contributed by atoms with Gasteiger partial charge in [0.05, 0.1) is 28.8 Å². The molecule has 2 aromatic heterocycles. The van der Waals surface area contributed by atoms with Gasteiger partial charge >= 0.3 is 0 Å². The summed E-state index contributed by atoms with van der Waals surface area (Å²) < 4.78 is 24.4. The summed E-state index contributed by atoms with van der Waals surface area (Å²) in [7, 11) is -0.578. The zero-order valence-electron chi connectivity index (χ0n) is 20.3. The molecule has 2 aliphatic heterocycles. The second-order valence-electron chi connectivity index (χ2n) is 9.45. The molecule has 36 heavy (non-hydrogen) atoms.